The van der Waals surface area contributed by atoms with Gasteiger partial charge in [-0.1, -0.05) is 54.6 Å². The number of aromatic nitrogens is 2. The fraction of sp³-hybridized carbons (Fsp3) is 0.250. The van der Waals surface area contributed by atoms with E-state index in [0.29, 0.717) is 56.8 Å². The number of carbonyl (C=O) groups excluding carboxylic acids is 3. The van der Waals surface area contributed by atoms with Crippen LogP contribution in [0.1, 0.15) is 45.6 Å². The molecule has 0 saturated carbocycles. The fourth-order valence-corrected chi connectivity index (χ4v) is 4.75. The number of carbonyl (C=O) groups is 3. The van der Waals surface area contributed by atoms with Gasteiger partial charge in [0.25, 0.3) is 5.91 Å². The van der Waals surface area contributed by atoms with Gasteiger partial charge in [-0.2, -0.15) is 0 Å². The summed E-state index contributed by atoms with van der Waals surface area (Å²) in [5.74, 6) is 0.455. The zero-order valence-electron chi connectivity index (χ0n) is 22.7. The van der Waals surface area contributed by atoms with Gasteiger partial charge in [-0.05, 0) is 47.4 Å². The van der Waals surface area contributed by atoms with E-state index < -0.39 is 6.04 Å². The molecule has 1 aromatic heterocycles. The number of imidazole rings is 1. The van der Waals surface area contributed by atoms with Crippen molar-refractivity contribution in [1.82, 2.24) is 25.5 Å². The predicted octanol–water partition coefficient (Wildman–Crippen LogP) is 3.77. The largest absolute Gasteiger partial charge is 0.489 e. The van der Waals surface area contributed by atoms with E-state index >= 15 is 0 Å². The van der Waals surface area contributed by atoms with Crippen LogP contribution in [-0.4, -0.2) is 45.2 Å². The van der Waals surface area contributed by atoms with E-state index in [1.165, 1.54) is 0 Å². The van der Waals surface area contributed by atoms with E-state index in [2.05, 4.69) is 20.6 Å². The number of benzene rings is 3. The highest BCUT2D eigenvalue weighted by Crippen LogP contribution is 2.22. The van der Waals surface area contributed by atoms with E-state index in [-0.39, 0.29) is 17.7 Å². The molecular weight excluding hydrogens is 518 g/mol. The Bertz CT molecular complexity index is 1440. The molecule has 0 aliphatic carbocycles. The number of hydrogen-bond donors (Lipinski definition) is 3. The van der Waals surface area contributed by atoms with Crippen LogP contribution in [0.25, 0.3) is 0 Å². The number of nitrogens with one attached hydrogen (secondary N) is 3. The molecule has 210 valence electrons. The minimum atomic E-state index is -0.454. The molecule has 0 bridgehead atoms. The smallest absolute Gasteiger partial charge is 0.251 e. The molecule has 1 fully saturated rings. The maximum Gasteiger partial charge on any atom is 0.251 e. The van der Waals surface area contributed by atoms with Crippen LogP contribution in [0.5, 0.6) is 5.75 Å². The average molecular weight is 552 g/mol. The van der Waals surface area contributed by atoms with Crippen molar-refractivity contribution in [2.24, 2.45) is 0 Å². The van der Waals surface area contributed by atoms with Crippen LogP contribution in [-0.2, 0) is 35.7 Å². The van der Waals surface area contributed by atoms with Crippen LogP contribution in [0.3, 0.4) is 0 Å². The lowest BCUT2D eigenvalue weighted by Gasteiger charge is -2.24. The summed E-state index contributed by atoms with van der Waals surface area (Å²) in [6.45, 7) is 1.70. The maximum absolute atomic E-state index is 12.9. The molecule has 1 saturated heterocycles. The Kier molecular flexibility index (Phi) is 9.05. The molecule has 0 spiro atoms. The first-order valence-electron chi connectivity index (χ1n) is 13.7. The number of nitrogens with zero attached hydrogens (tertiary/aromatic N) is 2. The summed E-state index contributed by atoms with van der Waals surface area (Å²) in [6.07, 6.45) is 4.97. The molecule has 4 aromatic rings. The van der Waals surface area contributed by atoms with Gasteiger partial charge in [0.1, 0.15) is 18.4 Å². The van der Waals surface area contributed by atoms with Crippen molar-refractivity contribution in [3.05, 3.63) is 119 Å². The normalized spacial score (nSPS) is 14.6. The lowest BCUT2D eigenvalue weighted by molar-refractivity contribution is -0.135. The topological polar surface area (TPSA) is 116 Å². The number of likely N-dealkylation sites (tertiary alicyclic amines) is 1. The minimum Gasteiger partial charge on any atom is -0.489 e. The Morgan fingerprint density at radius 1 is 0.927 bits per heavy atom. The second-order valence-electron chi connectivity index (χ2n) is 9.99. The zero-order chi connectivity index (χ0) is 28.4. The van der Waals surface area contributed by atoms with Crippen LogP contribution in [0.2, 0.25) is 0 Å². The highest BCUT2D eigenvalue weighted by molar-refractivity contribution is 5.94. The Morgan fingerprint density at radius 3 is 2.41 bits per heavy atom. The quantitative estimate of drug-likeness (QED) is 0.248. The summed E-state index contributed by atoms with van der Waals surface area (Å²) < 4.78 is 5.90. The molecule has 2 heterocycles. The molecule has 9 nitrogen and oxygen atoms in total. The first-order valence-corrected chi connectivity index (χ1v) is 13.7. The lowest BCUT2D eigenvalue weighted by Crippen LogP contribution is -2.44. The number of aromatic amines is 1. The summed E-state index contributed by atoms with van der Waals surface area (Å²) in [5, 5.41) is 5.88. The first kappa shape index (κ1) is 27.6. The molecule has 3 N–H and O–H groups in total. The molecular formula is C32H33N5O4. The third kappa shape index (κ3) is 7.60. The Balaban J connectivity index is 1.05. The van der Waals surface area contributed by atoms with Crippen LogP contribution in [0.4, 0.5) is 0 Å². The van der Waals surface area contributed by atoms with Crippen molar-refractivity contribution < 1.29 is 19.1 Å². The van der Waals surface area contributed by atoms with Crippen molar-refractivity contribution in [2.45, 2.75) is 45.0 Å². The summed E-state index contributed by atoms with van der Waals surface area (Å²) in [5.41, 5.74) is 4.46. The lowest BCUT2D eigenvalue weighted by atomic mass is 10.1. The van der Waals surface area contributed by atoms with Crippen LogP contribution >= 0.6 is 0 Å². The molecule has 1 aliphatic heterocycles. The van der Waals surface area contributed by atoms with Crippen molar-refractivity contribution in [1.29, 1.82) is 0 Å². The van der Waals surface area contributed by atoms with Gasteiger partial charge in [0.2, 0.25) is 11.8 Å². The fourth-order valence-electron chi connectivity index (χ4n) is 4.75. The van der Waals surface area contributed by atoms with Gasteiger partial charge in [-0.3, -0.25) is 14.4 Å². The van der Waals surface area contributed by atoms with Gasteiger partial charge in [-0.15, -0.1) is 0 Å². The van der Waals surface area contributed by atoms with E-state index in [0.717, 1.165) is 22.4 Å². The SMILES string of the molecule is O=C(NCCc1cnc[nH]1)c1ccc(COc2ccc(CNC(=O)[C@@H]3CCC(=O)N3Cc3ccccc3)cc2)cc1. The van der Waals surface area contributed by atoms with Crippen LogP contribution < -0.4 is 15.4 Å². The average Bonchev–Trinajstić information content (AvgIpc) is 3.66. The molecule has 1 atom stereocenters. The van der Waals surface area contributed by atoms with E-state index in [1.807, 2.05) is 66.7 Å². The number of rotatable bonds is 12. The highest BCUT2D eigenvalue weighted by Gasteiger charge is 2.35. The molecule has 3 amide bonds. The number of hydrogen-bond acceptors (Lipinski definition) is 5. The standard InChI is InChI=1S/C32H33N5O4/c38-30-15-14-29(37(30)20-24-4-2-1-3-5-24)32(40)35-18-23-8-12-28(13-9-23)41-21-25-6-10-26(11-7-25)31(39)34-17-16-27-19-33-22-36-27/h1-13,19,22,29H,14-18,20-21H2,(H,33,36)(H,34,39)(H,35,40)/t29-/m0/s1. The molecule has 0 radical (unpaired) electrons. The zero-order valence-corrected chi connectivity index (χ0v) is 22.7. The van der Waals surface area contributed by atoms with E-state index in [9.17, 15) is 14.4 Å². The summed E-state index contributed by atoms with van der Waals surface area (Å²) in [7, 11) is 0. The van der Waals surface area contributed by atoms with Crippen LogP contribution in [0, 0.1) is 0 Å². The van der Waals surface area contributed by atoms with Crippen molar-refractivity contribution in [3.63, 3.8) is 0 Å². The molecule has 41 heavy (non-hydrogen) atoms. The second kappa shape index (κ2) is 13.4. The first-order chi connectivity index (χ1) is 20.0. The molecule has 9 heteroatoms. The second-order valence-corrected chi connectivity index (χ2v) is 9.99. The predicted molar refractivity (Wildman–Crippen MR) is 154 cm³/mol. The van der Waals surface area contributed by atoms with Gasteiger partial charge >= 0.3 is 0 Å². The van der Waals surface area contributed by atoms with E-state index in [4.69, 9.17) is 4.74 Å². The third-order valence-electron chi connectivity index (χ3n) is 7.07. The van der Waals surface area contributed by atoms with Gasteiger partial charge in [0, 0.05) is 49.9 Å². The Hall–Kier alpha value is -4.92. The molecule has 1 aliphatic rings. The Morgan fingerprint density at radius 2 is 1.68 bits per heavy atom. The molecule has 5 rings (SSSR count). The van der Waals surface area contributed by atoms with Gasteiger partial charge < -0.3 is 25.3 Å². The monoisotopic (exact) mass is 551 g/mol. The van der Waals surface area contributed by atoms with Crippen molar-refractivity contribution >= 4 is 17.7 Å². The minimum absolute atomic E-state index is 0.00899. The summed E-state index contributed by atoms with van der Waals surface area (Å²) >= 11 is 0. The number of amides is 3. The van der Waals surface area contributed by atoms with Gasteiger partial charge in [0.05, 0.1) is 6.33 Å². The van der Waals surface area contributed by atoms with Gasteiger partial charge in [-0.25, -0.2) is 4.98 Å². The van der Waals surface area contributed by atoms with Crippen molar-refractivity contribution in [2.75, 3.05) is 6.54 Å². The Labute approximate surface area is 238 Å². The molecule has 0 unspecified atom stereocenters. The van der Waals surface area contributed by atoms with Crippen LogP contribution in [0.15, 0.2) is 91.4 Å². The molecule has 3 aromatic carbocycles. The number of H-pyrrole nitrogens is 1. The summed E-state index contributed by atoms with van der Waals surface area (Å²) in [4.78, 5) is 46.3. The highest BCUT2D eigenvalue weighted by atomic mass is 16.5. The van der Waals surface area contributed by atoms with E-state index in [1.54, 1.807) is 29.6 Å². The van der Waals surface area contributed by atoms with Gasteiger partial charge in [0.15, 0.2) is 0 Å². The summed E-state index contributed by atoms with van der Waals surface area (Å²) in [6, 6.07) is 24.1. The maximum atomic E-state index is 12.9. The number of ether oxygens (including phenoxy) is 1. The van der Waals surface area contributed by atoms with Crippen molar-refractivity contribution in [3.8, 4) is 5.75 Å². The third-order valence-corrected chi connectivity index (χ3v) is 7.07.